The first-order chi connectivity index (χ1) is 5.25. The largest absolute Gasteiger partial charge is 0.314 e. The van der Waals surface area contributed by atoms with Gasteiger partial charge >= 0.3 is 0 Å². The molecular weight excluding hydrogens is 136 g/mol. The topological polar surface area (TPSA) is 26.1 Å². The van der Waals surface area contributed by atoms with Crippen molar-refractivity contribution in [3.63, 3.8) is 0 Å². The van der Waals surface area contributed by atoms with Crippen molar-refractivity contribution in [3.05, 3.63) is 0 Å². The van der Waals surface area contributed by atoms with Crippen LogP contribution in [0.4, 0.5) is 0 Å². The molecule has 11 heavy (non-hydrogen) atoms. The van der Waals surface area contributed by atoms with Gasteiger partial charge < -0.3 is 5.32 Å². The maximum absolute atomic E-state index is 4.43. The van der Waals surface area contributed by atoms with E-state index in [1.54, 1.807) is 0 Å². The number of piperidine rings is 1. The predicted molar refractivity (Wildman–Crippen MR) is 47.7 cm³/mol. The SMILES string of the molecule is CCNC1C(C)C[N]CC1C. The number of hydrogen-bond donors (Lipinski definition) is 1. The van der Waals surface area contributed by atoms with Gasteiger partial charge in [0.2, 0.25) is 0 Å². The Morgan fingerprint density at radius 1 is 1.27 bits per heavy atom. The lowest BCUT2D eigenvalue weighted by Crippen LogP contribution is -2.49. The minimum Gasteiger partial charge on any atom is -0.314 e. The molecule has 0 spiro atoms. The molecule has 2 nitrogen and oxygen atoms in total. The Bertz CT molecular complexity index is 104. The predicted octanol–water partition coefficient (Wildman–Crippen LogP) is 0.855. The van der Waals surface area contributed by atoms with E-state index in [0.29, 0.717) is 6.04 Å². The van der Waals surface area contributed by atoms with Crippen LogP contribution in [0.15, 0.2) is 0 Å². The first kappa shape index (κ1) is 9.01. The van der Waals surface area contributed by atoms with E-state index >= 15 is 0 Å². The Balaban J connectivity index is 2.41. The monoisotopic (exact) mass is 155 g/mol. The standard InChI is InChI=1S/C9H19N2/c1-4-11-9-7(2)5-10-6-8(9)3/h7-9,11H,4-6H2,1-3H3. The molecule has 0 aromatic heterocycles. The van der Waals surface area contributed by atoms with Gasteiger partial charge in [-0.3, -0.25) is 0 Å². The molecule has 1 radical (unpaired) electrons. The summed E-state index contributed by atoms with van der Waals surface area (Å²) >= 11 is 0. The van der Waals surface area contributed by atoms with Crippen molar-refractivity contribution in [1.29, 1.82) is 0 Å². The van der Waals surface area contributed by atoms with Gasteiger partial charge in [0, 0.05) is 19.1 Å². The van der Waals surface area contributed by atoms with Gasteiger partial charge in [0.25, 0.3) is 0 Å². The smallest absolute Gasteiger partial charge is 0.0174 e. The first-order valence-corrected chi connectivity index (χ1v) is 4.62. The summed E-state index contributed by atoms with van der Waals surface area (Å²) < 4.78 is 0. The van der Waals surface area contributed by atoms with Gasteiger partial charge in [0.15, 0.2) is 0 Å². The Hall–Kier alpha value is -0.0800. The quantitative estimate of drug-likeness (QED) is 0.629. The average molecular weight is 155 g/mol. The normalized spacial score (nSPS) is 39.0. The third-order valence-electron chi connectivity index (χ3n) is 2.50. The second kappa shape index (κ2) is 4.07. The molecule has 2 heteroatoms. The number of nitrogens with zero attached hydrogens (tertiary/aromatic N) is 1. The Morgan fingerprint density at radius 3 is 2.27 bits per heavy atom. The van der Waals surface area contributed by atoms with Crippen molar-refractivity contribution in [2.45, 2.75) is 26.8 Å². The third-order valence-corrected chi connectivity index (χ3v) is 2.50. The molecule has 2 atom stereocenters. The minimum atomic E-state index is 0.692. The van der Waals surface area contributed by atoms with Crippen LogP contribution in [0.3, 0.4) is 0 Å². The highest BCUT2D eigenvalue weighted by Gasteiger charge is 2.26. The van der Waals surface area contributed by atoms with Gasteiger partial charge in [-0.15, -0.1) is 0 Å². The molecule has 0 saturated carbocycles. The zero-order valence-electron chi connectivity index (χ0n) is 7.80. The fourth-order valence-corrected chi connectivity index (χ4v) is 1.91. The third kappa shape index (κ3) is 2.17. The molecule has 1 heterocycles. The zero-order chi connectivity index (χ0) is 8.27. The molecule has 0 aromatic carbocycles. The Kier molecular flexibility index (Phi) is 3.34. The van der Waals surface area contributed by atoms with Crippen LogP contribution in [0, 0.1) is 11.8 Å². The summed E-state index contributed by atoms with van der Waals surface area (Å²) in [6.45, 7) is 9.91. The minimum absolute atomic E-state index is 0.692. The van der Waals surface area contributed by atoms with Gasteiger partial charge in [-0.2, -0.15) is 0 Å². The summed E-state index contributed by atoms with van der Waals surface area (Å²) in [5.41, 5.74) is 0. The molecule has 65 valence electrons. The van der Waals surface area contributed by atoms with Crippen molar-refractivity contribution in [3.8, 4) is 0 Å². The van der Waals surface area contributed by atoms with E-state index in [4.69, 9.17) is 0 Å². The molecule has 1 fully saturated rings. The molecule has 1 N–H and O–H groups in total. The maximum atomic E-state index is 4.43. The molecular formula is C9H19N2. The highest BCUT2D eigenvalue weighted by molar-refractivity contribution is 4.84. The summed E-state index contributed by atoms with van der Waals surface area (Å²) in [5, 5.41) is 7.96. The van der Waals surface area contributed by atoms with E-state index in [9.17, 15) is 0 Å². The molecule has 1 aliphatic rings. The molecule has 0 aromatic rings. The summed E-state index contributed by atoms with van der Waals surface area (Å²) in [6, 6.07) is 0.692. The molecule has 1 rings (SSSR count). The van der Waals surface area contributed by atoms with E-state index in [1.165, 1.54) is 0 Å². The molecule has 0 amide bonds. The van der Waals surface area contributed by atoms with Gasteiger partial charge in [0.05, 0.1) is 0 Å². The van der Waals surface area contributed by atoms with Crippen molar-refractivity contribution < 1.29 is 0 Å². The van der Waals surface area contributed by atoms with Crippen molar-refractivity contribution in [2.75, 3.05) is 19.6 Å². The van der Waals surface area contributed by atoms with Gasteiger partial charge in [-0.25, -0.2) is 5.32 Å². The molecule has 0 aliphatic carbocycles. The van der Waals surface area contributed by atoms with Crippen molar-refractivity contribution in [2.24, 2.45) is 11.8 Å². The van der Waals surface area contributed by atoms with E-state index in [2.05, 4.69) is 31.4 Å². The molecule has 1 aliphatic heterocycles. The van der Waals surface area contributed by atoms with Crippen LogP contribution in [0.2, 0.25) is 0 Å². The first-order valence-electron chi connectivity index (χ1n) is 4.62. The number of hydrogen-bond acceptors (Lipinski definition) is 1. The van der Waals surface area contributed by atoms with Gasteiger partial charge in [0.1, 0.15) is 0 Å². The fraction of sp³-hybridized carbons (Fsp3) is 1.00. The number of rotatable bonds is 2. The molecule has 0 bridgehead atoms. The summed E-state index contributed by atoms with van der Waals surface area (Å²) in [4.78, 5) is 0. The zero-order valence-corrected chi connectivity index (χ0v) is 7.80. The lowest BCUT2D eigenvalue weighted by atomic mass is 9.87. The summed E-state index contributed by atoms with van der Waals surface area (Å²) in [7, 11) is 0. The van der Waals surface area contributed by atoms with Crippen LogP contribution >= 0.6 is 0 Å². The molecule has 1 saturated heterocycles. The van der Waals surface area contributed by atoms with Gasteiger partial charge in [-0.1, -0.05) is 20.8 Å². The van der Waals surface area contributed by atoms with E-state index < -0.39 is 0 Å². The van der Waals surface area contributed by atoms with E-state index in [0.717, 1.165) is 31.5 Å². The Morgan fingerprint density at radius 2 is 1.82 bits per heavy atom. The Labute approximate surface area is 69.8 Å². The van der Waals surface area contributed by atoms with E-state index in [1.807, 2.05) is 0 Å². The van der Waals surface area contributed by atoms with Crippen LogP contribution in [-0.4, -0.2) is 25.7 Å². The van der Waals surface area contributed by atoms with Gasteiger partial charge in [-0.05, 0) is 18.4 Å². The highest BCUT2D eigenvalue weighted by atomic mass is 15.0. The lowest BCUT2D eigenvalue weighted by molar-refractivity contribution is 0.226. The van der Waals surface area contributed by atoms with Crippen molar-refractivity contribution in [1.82, 2.24) is 10.6 Å². The average Bonchev–Trinajstić information content (AvgIpc) is 1.97. The van der Waals surface area contributed by atoms with Crippen LogP contribution in [-0.2, 0) is 0 Å². The fourth-order valence-electron chi connectivity index (χ4n) is 1.91. The molecule has 2 unspecified atom stereocenters. The highest BCUT2D eigenvalue weighted by Crippen LogP contribution is 2.16. The lowest BCUT2D eigenvalue weighted by Gasteiger charge is -2.34. The van der Waals surface area contributed by atoms with Crippen LogP contribution < -0.4 is 10.6 Å². The second-order valence-electron chi connectivity index (χ2n) is 3.63. The summed E-state index contributed by atoms with van der Waals surface area (Å²) in [6.07, 6.45) is 0. The van der Waals surface area contributed by atoms with Crippen molar-refractivity contribution >= 4 is 0 Å². The number of nitrogens with one attached hydrogen (secondary N) is 1. The maximum Gasteiger partial charge on any atom is 0.0174 e. The van der Waals surface area contributed by atoms with Crippen LogP contribution in [0.1, 0.15) is 20.8 Å². The second-order valence-corrected chi connectivity index (χ2v) is 3.63. The van der Waals surface area contributed by atoms with Crippen LogP contribution in [0.5, 0.6) is 0 Å². The van der Waals surface area contributed by atoms with E-state index in [-0.39, 0.29) is 0 Å². The summed E-state index contributed by atoms with van der Waals surface area (Å²) in [5.74, 6) is 1.44. The van der Waals surface area contributed by atoms with Crippen LogP contribution in [0.25, 0.3) is 0 Å².